The number of nitrogens with zero attached hydrogens (tertiary/aromatic N) is 1. The van der Waals surface area contributed by atoms with Crippen LogP contribution in [-0.2, 0) is 14.3 Å². The van der Waals surface area contributed by atoms with E-state index >= 15 is 0 Å². The molecule has 0 aliphatic carbocycles. The van der Waals surface area contributed by atoms with Crippen LogP contribution in [0.5, 0.6) is 34.5 Å². The minimum atomic E-state index is -0.454. The predicted octanol–water partition coefficient (Wildman–Crippen LogP) is 4.64. The van der Waals surface area contributed by atoms with Gasteiger partial charge in [0, 0.05) is 12.6 Å². The number of unbranched alkanes of at least 4 members (excludes halogenated alkanes) is 2. The number of hydrogen-bond acceptors (Lipinski definition) is 11. The second-order valence-electron chi connectivity index (χ2n) is 9.23. The van der Waals surface area contributed by atoms with Crippen molar-refractivity contribution in [3.63, 3.8) is 0 Å². The van der Waals surface area contributed by atoms with Crippen molar-refractivity contribution < 1.29 is 47.5 Å². The molecule has 0 N–H and O–H groups in total. The molecule has 232 valence electrons. The SMILES string of the molecule is COc1cc(/C=C/C(=O)OCCCCCN(C)CCCOC(=O)c2cc(OC)c(OC)c(OC)c2)cc(OC)c1OC. The lowest BCUT2D eigenvalue weighted by atomic mass is 10.1. The second kappa shape index (κ2) is 18.3. The predicted molar refractivity (Wildman–Crippen MR) is 158 cm³/mol. The number of benzene rings is 2. The van der Waals surface area contributed by atoms with Crippen LogP contribution in [0, 0.1) is 0 Å². The normalized spacial score (nSPS) is 10.9. The van der Waals surface area contributed by atoms with Gasteiger partial charge in [0.1, 0.15) is 0 Å². The van der Waals surface area contributed by atoms with Crippen LogP contribution in [0.3, 0.4) is 0 Å². The molecule has 0 saturated carbocycles. The van der Waals surface area contributed by atoms with Gasteiger partial charge in [0.2, 0.25) is 11.5 Å². The summed E-state index contributed by atoms with van der Waals surface area (Å²) in [6.45, 7) is 2.30. The van der Waals surface area contributed by atoms with Gasteiger partial charge in [-0.1, -0.05) is 0 Å². The molecule has 0 aromatic heterocycles. The Morgan fingerprint density at radius 2 is 1.14 bits per heavy atom. The first-order valence-corrected chi connectivity index (χ1v) is 13.6. The van der Waals surface area contributed by atoms with E-state index in [-0.39, 0.29) is 0 Å². The summed E-state index contributed by atoms with van der Waals surface area (Å²) < 4.78 is 42.6. The molecule has 2 aromatic rings. The van der Waals surface area contributed by atoms with Crippen molar-refractivity contribution in [2.75, 3.05) is 76.0 Å². The molecule has 0 fully saturated rings. The highest BCUT2D eigenvalue weighted by atomic mass is 16.5. The molecule has 0 heterocycles. The van der Waals surface area contributed by atoms with E-state index in [9.17, 15) is 9.59 Å². The minimum Gasteiger partial charge on any atom is -0.493 e. The van der Waals surface area contributed by atoms with Crippen molar-refractivity contribution in [2.24, 2.45) is 0 Å². The van der Waals surface area contributed by atoms with E-state index in [1.54, 1.807) is 30.3 Å². The van der Waals surface area contributed by atoms with Crippen LogP contribution in [0.2, 0.25) is 0 Å². The summed E-state index contributed by atoms with van der Waals surface area (Å²) >= 11 is 0. The first-order valence-electron chi connectivity index (χ1n) is 13.6. The van der Waals surface area contributed by atoms with E-state index in [2.05, 4.69) is 4.90 Å². The van der Waals surface area contributed by atoms with E-state index in [0.717, 1.165) is 37.9 Å². The Morgan fingerprint density at radius 3 is 1.67 bits per heavy atom. The van der Waals surface area contributed by atoms with Crippen molar-refractivity contribution in [2.45, 2.75) is 25.7 Å². The Hall–Kier alpha value is -4.12. The summed E-state index contributed by atoms with van der Waals surface area (Å²) in [6.07, 6.45) is 6.37. The number of esters is 2. The zero-order chi connectivity index (χ0) is 30.9. The zero-order valence-corrected chi connectivity index (χ0v) is 25.7. The maximum absolute atomic E-state index is 12.5. The number of rotatable bonds is 19. The summed E-state index contributed by atoms with van der Waals surface area (Å²) in [4.78, 5) is 26.8. The third kappa shape index (κ3) is 10.4. The number of carbonyl (C=O) groups is 2. The van der Waals surface area contributed by atoms with Crippen molar-refractivity contribution in [1.29, 1.82) is 0 Å². The maximum Gasteiger partial charge on any atom is 0.338 e. The topological polar surface area (TPSA) is 111 Å². The Morgan fingerprint density at radius 1 is 0.643 bits per heavy atom. The Balaban J connectivity index is 1.63. The fraction of sp³-hybridized carbons (Fsp3) is 0.484. The molecule has 0 aliphatic heterocycles. The van der Waals surface area contributed by atoms with Gasteiger partial charge >= 0.3 is 11.9 Å². The molecular weight excluding hydrogens is 546 g/mol. The number of hydrogen-bond donors (Lipinski definition) is 0. The third-order valence-electron chi connectivity index (χ3n) is 6.35. The van der Waals surface area contributed by atoms with E-state index in [0.29, 0.717) is 59.7 Å². The van der Waals surface area contributed by atoms with Gasteiger partial charge in [0.25, 0.3) is 0 Å². The van der Waals surface area contributed by atoms with Crippen molar-refractivity contribution >= 4 is 18.0 Å². The van der Waals surface area contributed by atoms with Crippen LogP contribution in [0.1, 0.15) is 41.6 Å². The molecule has 0 spiro atoms. The molecule has 11 nitrogen and oxygen atoms in total. The highest BCUT2D eigenvalue weighted by molar-refractivity contribution is 5.91. The highest BCUT2D eigenvalue weighted by Crippen LogP contribution is 2.39. The van der Waals surface area contributed by atoms with Crippen LogP contribution < -0.4 is 28.4 Å². The smallest absolute Gasteiger partial charge is 0.338 e. The fourth-order valence-corrected chi connectivity index (χ4v) is 4.14. The van der Waals surface area contributed by atoms with Crippen molar-refractivity contribution in [1.82, 2.24) is 4.90 Å². The van der Waals surface area contributed by atoms with E-state index in [4.69, 9.17) is 37.9 Å². The van der Waals surface area contributed by atoms with Crippen LogP contribution in [-0.4, -0.2) is 92.8 Å². The first kappa shape index (κ1) is 34.1. The van der Waals surface area contributed by atoms with Crippen LogP contribution in [0.25, 0.3) is 6.08 Å². The van der Waals surface area contributed by atoms with E-state index in [1.807, 2.05) is 7.05 Å². The molecule has 0 saturated heterocycles. The number of carbonyl (C=O) groups excluding carboxylic acids is 2. The summed E-state index contributed by atoms with van der Waals surface area (Å²) in [7, 11) is 11.1. The van der Waals surface area contributed by atoms with Crippen LogP contribution >= 0.6 is 0 Å². The van der Waals surface area contributed by atoms with Gasteiger partial charge in [0.05, 0.1) is 61.4 Å². The quantitative estimate of drug-likeness (QED) is 0.130. The van der Waals surface area contributed by atoms with Gasteiger partial charge in [-0.3, -0.25) is 0 Å². The molecule has 0 bridgehead atoms. The molecular formula is C31H43NO10. The summed E-state index contributed by atoms with van der Waals surface area (Å²) in [5.74, 6) is 1.84. The second-order valence-corrected chi connectivity index (χ2v) is 9.23. The lowest BCUT2D eigenvalue weighted by molar-refractivity contribution is -0.137. The molecule has 2 rings (SSSR count). The van der Waals surface area contributed by atoms with Gasteiger partial charge < -0.3 is 42.8 Å². The minimum absolute atomic E-state index is 0.291. The Bertz CT molecular complexity index is 1130. The molecule has 11 heteroatoms. The average Bonchev–Trinajstić information content (AvgIpc) is 3.01. The summed E-state index contributed by atoms with van der Waals surface area (Å²) in [5.41, 5.74) is 1.05. The monoisotopic (exact) mass is 589 g/mol. The van der Waals surface area contributed by atoms with Crippen molar-refractivity contribution in [3.05, 3.63) is 41.5 Å². The summed E-state index contributed by atoms with van der Waals surface area (Å²) in [6, 6.07) is 6.64. The lowest BCUT2D eigenvalue weighted by Gasteiger charge is -2.16. The molecule has 0 amide bonds. The fourth-order valence-electron chi connectivity index (χ4n) is 4.14. The highest BCUT2D eigenvalue weighted by Gasteiger charge is 2.18. The Labute approximate surface area is 248 Å². The van der Waals surface area contributed by atoms with Gasteiger partial charge in [-0.05, 0) is 75.2 Å². The number of methoxy groups -OCH3 is 6. The molecule has 0 aliphatic rings. The van der Waals surface area contributed by atoms with Gasteiger partial charge in [-0.25, -0.2) is 9.59 Å². The Kier molecular flexibility index (Phi) is 14.9. The molecule has 2 aromatic carbocycles. The first-order chi connectivity index (χ1) is 20.3. The lowest BCUT2D eigenvalue weighted by Crippen LogP contribution is -2.22. The van der Waals surface area contributed by atoms with E-state index in [1.165, 1.54) is 48.7 Å². The van der Waals surface area contributed by atoms with Gasteiger partial charge in [-0.2, -0.15) is 0 Å². The molecule has 0 atom stereocenters. The molecule has 42 heavy (non-hydrogen) atoms. The van der Waals surface area contributed by atoms with Crippen molar-refractivity contribution in [3.8, 4) is 34.5 Å². The zero-order valence-electron chi connectivity index (χ0n) is 25.7. The van der Waals surface area contributed by atoms with Gasteiger partial charge in [-0.15, -0.1) is 0 Å². The molecule has 0 unspecified atom stereocenters. The average molecular weight is 590 g/mol. The van der Waals surface area contributed by atoms with Gasteiger partial charge in [0.15, 0.2) is 23.0 Å². The van der Waals surface area contributed by atoms with Crippen LogP contribution in [0.15, 0.2) is 30.3 Å². The van der Waals surface area contributed by atoms with Crippen LogP contribution in [0.4, 0.5) is 0 Å². The largest absolute Gasteiger partial charge is 0.493 e. The van der Waals surface area contributed by atoms with E-state index < -0.39 is 11.9 Å². The maximum atomic E-state index is 12.5. The summed E-state index contributed by atoms with van der Waals surface area (Å²) in [5, 5.41) is 0. The standard InChI is InChI=1S/C31H43NO10/c1-32(15-11-17-42-31(34)23-20-26(37-4)30(40-7)27(21-23)38-5)14-9-8-10-16-41-28(33)13-12-22-18-24(35-2)29(39-6)25(19-22)36-3/h12-13,18-21H,8-11,14-17H2,1-7H3/b13-12+. The third-order valence-corrected chi connectivity index (χ3v) is 6.35. The number of ether oxygens (including phenoxy) is 8. The molecule has 0 radical (unpaired) electrons.